The molecule has 1 aromatic heterocycles. The number of nitrogen functional groups attached to an aromatic ring is 1. The molecule has 1 aromatic rings. The van der Waals surface area contributed by atoms with Crippen LogP contribution in [0.2, 0.25) is 0 Å². The standard InChI is InChI=1S/C8H14N4OS/c1-4(2)11-7(13)5-6(9)12-8(10-3)14-5/h4H,9H2,1-3H3,(H,10,12)(H,11,13). The van der Waals surface area contributed by atoms with Crippen molar-refractivity contribution >= 4 is 28.2 Å². The molecule has 0 aromatic carbocycles. The molecule has 0 fully saturated rings. The van der Waals surface area contributed by atoms with Gasteiger partial charge in [0.05, 0.1) is 0 Å². The molecule has 0 spiro atoms. The smallest absolute Gasteiger partial charge is 0.265 e. The first-order valence-electron chi connectivity index (χ1n) is 4.29. The number of anilines is 2. The molecule has 0 radical (unpaired) electrons. The molecule has 4 N–H and O–H groups in total. The Bertz CT molecular complexity index is 334. The SMILES string of the molecule is CNc1nc(N)c(C(=O)NC(C)C)s1. The number of carbonyl (C=O) groups excluding carboxylic acids is 1. The van der Waals surface area contributed by atoms with E-state index in [1.54, 1.807) is 7.05 Å². The van der Waals surface area contributed by atoms with E-state index in [9.17, 15) is 4.79 Å². The second-order valence-electron chi connectivity index (χ2n) is 3.11. The maximum atomic E-state index is 11.6. The van der Waals surface area contributed by atoms with Gasteiger partial charge < -0.3 is 16.4 Å². The fourth-order valence-corrected chi connectivity index (χ4v) is 1.67. The number of carbonyl (C=O) groups is 1. The van der Waals surface area contributed by atoms with Gasteiger partial charge in [-0.2, -0.15) is 0 Å². The van der Waals surface area contributed by atoms with Crippen LogP contribution in [0.3, 0.4) is 0 Å². The van der Waals surface area contributed by atoms with Crippen LogP contribution in [0.25, 0.3) is 0 Å². The fourth-order valence-electron chi connectivity index (χ4n) is 0.929. The first-order chi connectivity index (χ1) is 6.54. The van der Waals surface area contributed by atoms with Gasteiger partial charge >= 0.3 is 0 Å². The molecule has 1 amide bonds. The summed E-state index contributed by atoms with van der Waals surface area (Å²) >= 11 is 1.25. The number of nitrogens with zero attached hydrogens (tertiary/aromatic N) is 1. The van der Waals surface area contributed by atoms with Crippen LogP contribution in [0, 0.1) is 0 Å². The summed E-state index contributed by atoms with van der Waals surface area (Å²) in [7, 11) is 1.74. The maximum absolute atomic E-state index is 11.6. The van der Waals surface area contributed by atoms with Crippen molar-refractivity contribution in [1.29, 1.82) is 0 Å². The molecule has 0 bridgehead atoms. The van der Waals surface area contributed by atoms with Gasteiger partial charge in [0, 0.05) is 13.1 Å². The van der Waals surface area contributed by atoms with E-state index in [-0.39, 0.29) is 17.8 Å². The van der Waals surface area contributed by atoms with Crippen LogP contribution in [0.15, 0.2) is 0 Å². The Hall–Kier alpha value is -1.30. The lowest BCUT2D eigenvalue weighted by Gasteiger charge is -2.05. The van der Waals surface area contributed by atoms with Crippen LogP contribution in [-0.4, -0.2) is 24.0 Å². The van der Waals surface area contributed by atoms with E-state index in [0.717, 1.165) is 0 Å². The zero-order chi connectivity index (χ0) is 10.7. The molecule has 5 nitrogen and oxygen atoms in total. The molecule has 0 saturated carbocycles. The predicted octanol–water partition coefficient (Wildman–Crippen LogP) is 0.905. The van der Waals surface area contributed by atoms with Crippen molar-refractivity contribution in [3.63, 3.8) is 0 Å². The van der Waals surface area contributed by atoms with Crippen molar-refractivity contribution < 1.29 is 4.79 Å². The van der Waals surface area contributed by atoms with Crippen molar-refractivity contribution in [1.82, 2.24) is 10.3 Å². The molecule has 0 unspecified atom stereocenters. The highest BCUT2D eigenvalue weighted by Gasteiger charge is 2.15. The van der Waals surface area contributed by atoms with Crippen molar-refractivity contribution in [2.45, 2.75) is 19.9 Å². The summed E-state index contributed by atoms with van der Waals surface area (Å²) in [6.07, 6.45) is 0. The summed E-state index contributed by atoms with van der Waals surface area (Å²) < 4.78 is 0. The average Bonchev–Trinajstić information content (AvgIpc) is 2.45. The summed E-state index contributed by atoms with van der Waals surface area (Å²) in [6.45, 7) is 3.79. The Balaban J connectivity index is 2.84. The minimum Gasteiger partial charge on any atom is -0.382 e. The van der Waals surface area contributed by atoms with Crippen LogP contribution in [0.5, 0.6) is 0 Å². The van der Waals surface area contributed by atoms with Gasteiger partial charge in [-0.05, 0) is 13.8 Å². The molecule has 0 aliphatic heterocycles. The van der Waals surface area contributed by atoms with Gasteiger partial charge in [0.2, 0.25) is 0 Å². The number of aromatic nitrogens is 1. The molecule has 1 heterocycles. The van der Waals surface area contributed by atoms with Crippen molar-refractivity contribution in [3.05, 3.63) is 4.88 Å². The minimum absolute atomic E-state index is 0.0991. The van der Waals surface area contributed by atoms with E-state index < -0.39 is 0 Å². The molecule has 0 aliphatic carbocycles. The lowest BCUT2D eigenvalue weighted by atomic mass is 10.3. The van der Waals surface area contributed by atoms with Crippen LogP contribution in [0.1, 0.15) is 23.5 Å². The minimum atomic E-state index is -0.170. The van der Waals surface area contributed by atoms with E-state index in [2.05, 4.69) is 15.6 Å². The van der Waals surface area contributed by atoms with E-state index >= 15 is 0 Å². The highest BCUT2D eigenvalue weighted by molar-refractivity contribution is 7.18. The topological polar surface area (TPSA) is 80.0 Å². The quantitative estimate of drug-likeness (QED) is 0.698. The third-order valence-corrected chi connectivity index (χ3v) is 2.58. The van der Waals surface area contributed by atoms with Crippen LogP contribution in [0.4, 0.5) is 10.9 Å². The largest absolute Gasteiger partial charge is 0.382 e. The van der Waals surface area contributed by atoms with Crippen LogP contribution >= 0.6 is 11.3 Å². The Labute approximate surface area is 86.7 Å². The van der Waals surface area contributed by atoms with Gasteiger partial charge in [0.15, 0.2) is 5.13 Å². The first-order valence-corrected chi connectivity index (χ1v) is 5.11. The van der Waals surface area contributed by atoms with Crippen molar-refractivity contribution in [3.8, 4) is 0 Å². The lowest BCUT2D eigenvalue weighted by molar-refractivity contribution is 0.0948. The van der Waals surface area contributed by atoms with Gasteiger partial charge in [-0.15, -0.1) is 0 Å². The zero-order valence-corrected chi connectivity index (χ0v) is 9.23. The molecular formula is C8H14N4OS. The number of amides is 1. The number of rotatable bonds is 3. The molecule has 6 heteroatoms. The van der Waals surface area contributed by atoms with Gasteiger partial charge in [0.1, 0.15) is 10.7 Å². The molecule has 1 rings (SSSR count). The van der Waals surface area contributed by atoms with Gasteiger partial charge in [-0.1, -0.05) is 11.3 Å². The second-order valence-corrected chi connectivity index (χ2v) is 4.11. The number of hydrogen-bond donors (Lipinski definition) is 3. The molecular weight excluding hydrogens is 200 g/mol. The summed E-state index contributed by atoms with van der Waals surface area (Å²) in [4.78, 5) is 16.0. The maximum Gasteiger partial charge on any atom is 0.265 e. The van der Waals surface area contributed by atoms with Gasteiger partial charge in [-0.25, -0.2) is 4.98 Å². The average molecular weight is 214 g/mol. The Morgan fingerprint density at radius 3 is 2.64 bits per heavy atom. The number of nitrogens with two attached hydrogens (primary N) is 1. The summed E-state index contributed by atoms with van der Waals surface area (Å²) in [5, 5.41) is 6.25. The third-order valence-electron chi connectivity index (χ3n) is 1.49. The second kappa shape index (κ2) is 4.28. The Morgan fingerprint density at radius 1 is 1.57 bits per heavy atom. The zero-order valence-electron chi connectivity index (χ0n) is 8.42. The number of thiazole rings is 1. The molecule has 14 heavy (non-hydrogen) atoms. The van der Waals surface area contributed by atoms with Crippen molar-refractivity contribution in [2.75, 3.05) is 18.1 Å². The normalized spacial score (nSPS) is 10.3. The van der Waals surface area contributed by atoms with E-state index in [4.69, 9.17) is 5.73 Å². The third kappa shape index (κ3) is 2.35. The monoisotopic (exact) mass is 214 g/mol. The number of nitrogens with one attached hydrogen (secondary N) is 2. The number of hydrogen-bond acceptors (Lipinski definition) is 5. The molecule has 0 atom stereocenters. The predicted molar refractivity (Wildman–Crippen MR) is 58.7 cm³/mol. The van der Waals surface area contributed by atoms with E-state index in [1.807, 2.05) is 13.8 Å². The summed E-state index contributed by atoms with van der Waals surface area (Å²) in [6, 6.07) is 0.0991. The first kappa shape index (κ1) is 10.8. The van der Waals surface area contributed by atoms with Crippen molar-refractivity contribution in [2.24, 2.45) is 0 Å². The molecule has 0 aliphatic rings. The summed E-state index contributed by atoms with van der Waals surface area (Å²) in [5.74, 6) is 0.106. The van der Waals surface area contributed by atoms with Crippen LogP contribution < -0.4 is 16.4 Å². The molecule has 78 valence electrons. The Kier molecular flexibility index (Phi) is 3.29. The highest BCUT2D eigenvalue weighted by Crippen LogP contribution is 2.24. The van der Waals surface area contributed by atoms with E-state index in [1.165, 1.54) is 11.3 Å². The summed E-state index contributed by atoms with van der Waals surface area (Å²) in [5.41, 5.74) is 5.59. The fraction of sp³-hybridized carbons (Fsp3) is 0.500. The van der Waals surface area contributed by atoms with Crippen LogP contribution in [-0.2, 0) is 0 Å². The van der Waals surface area contributed by atoms with E-state index in [0.29, 0.717) is 10.0 Å². The Morgan fingerprint density at radius 2 is 2.21 bits per heavy atom. The van der Waals surface area contributed by atoms with Gasteiger partial charge in [0.25, 0.3) is 5.91 Å². The molecule has 0 saturated heterocycles. The lowest BCUT2D eigenvalue weighted by Crippen LogP contribution is -2.29. The highest BCUT2D eigenvalue weighted by atomic mass is 32.1. The van der Waals surface area contributed by atoms with Gasteiger partial charge in [-0.3, -0.25) is 4.79 Å².